The van der Waals surface area contributed by atoms with Gasteiger partial charge in [-0.3, -0.25) is 14.8 Å². The van der Waals surface area contributed by atoms with Crippen molar-refractivity contribution in [3.63, 3.8) is 0 Å². The molecule has 21 aliphatic rings. The van der Waals surface area contributed by atoms with Gasteiger partial charge < -0.3 is 61.5 Å². The Labute approximate surface area is 895 Å². The molecular formula is C114H260N10O9S6. The van der Waals surface area contributed by atoms with E-state index in [1.807, 2.05) is 47.4 Å². The van der Waals surface area contributed by atoms with Crippen molar-refractivity contribution >= 4 is 84.5 Å². The lowest BCUT2D eigenvalue weighted by atomic mass is 10.0. The molecule has 0 spiro atoms. The molecule has 0 unspecified atom stereocenters. The van der Waals surface area contributed by atoms with Crippen LogP contribution in [0, 0.1) is 0 Å². The van der Waals surface area contributed by atoms with Crippen molar-refractivity contribution in [3.8, 4) is 0 Å². The van der Waals surface area contributed by atoms with Crippen LogP contribution in [0.4, 0.5) is 0 Å². The molecule has 0 aromatic rings. The summed E-state index contributed by atoms with van der Waals surface area (Å²) in [6.07, 6.45) is 91.1. The van der Waals surface area contributed by atoms with Gasteiger partial charge in [0.15, 0.2) is 21.4 Å². The van der Waals surface area contributed by atoms with Crippen LogP contribution in [0.1, 0.15) is 480 Å². The zero-order valence-electron chi connectivity index (χ0n) is 77.4. The molecule has 15 heterocycles. The summed E-state index contributed by atoms with van der Waals surface area (Å²) in [7, 11) is -5.19. The van der Waals surface area contributed by atoms with E-state index in [2.05, 4.69) is 87.2 Å². The minimum absolute atomic E-state index is 0. The van der Waals surface area contributed by atoms with Crippen LogP contribution in [0.25, 0.3) is 0 Å². The maximum absolute atomic E-state index is 10.6. The third-order valence-corrected chi connectivity index (χ3v) is 28.7. The average molecular weight is 2110 g/mol. The topological polar surface area (TPSA) is 243 Å². The molecule has 139 heavy (non-hydrogen) atoms. The fourth-order valence-corrected chi connectivity index (χ4v) is 18.7. The highest BCUT2D eigenvalue weighted by Crippen LogP contribution is 2.20. The highest BCUT2D eigenvalue weighted by molar-refractivity contribution is 8.14. The third kappa shape index (κ3) is 159. The van der Waals surface area contributed by atoms with Gasteiger partial charge in [0, 0.05) is 115 Å². The van der Waals surface area contributed by atoms with Gasteiger partial charge in [-0.15, -0.1) is 11.8 Å². The summed E-state index contributed by atoms with van der Waals surface area (Å²) in [5.41, 5.74) is 0. The Kier molecular flexibility index (Phi) is 202. The molecule has 0 amide bonds. The summed E-state index contributed by atoms with van der Waals surface area (Å²) in [5.74, 6) is 7.97. The maximum Gasteiger partial charge on any atom is 0.188 e. The summed E-state index contributed by atoms with van der Waals surface area (Å²) in [6.45, 7) is 22.9. The van der Waals surface area contributed by atoms with E-state index >= 15 is 0 Å². The summed E-state index contributed by atoms with van der Waals surface area (Å²) in [4.78, 5) is 17.9. The van der Waals surface area contributed by atoms with Gasteiger partial charge in [-0.05, 0) is 215 Å². The van der Waals surface area contributed by atoms with E-state index in [0.717, 1.165) is 110 Å². The number of thioether (sulfide) groups is 4. The van der Waals surface area contributed by atoms with Crippen LogP contribution in [0.2, 0.25) is 0 Å². The van der Waals surface area contributed by atoms with Gasteiger partial charge in [0.2, 0.25) is 0 Å². The van der Waals surface area contributed by atoms with Gasteiger partial charge in [-0.25, -0.2) is 16.8 Å². The van der Waals surface area contributed by atoms with Crippen LogP contribution >= 0.6 is 47.0 Å². The standard InChI is InChI=1S/2C7H14.C6H12O.2C5H11N.C5H9N.C5H10.C5H8.C4H9NO2S.C4H9NO.C4H9NS.C4H5NS.C4H9N.C4H7N.C4H8O2S.C4H6OS.C4H8O.C4H8S.2C4H8.C3H5NO.18CH4/c3*1-2-4-6-7-5-3-1;3*1-2-4-6-5-3-1;2*1-2-4-5-3-1;6-8(7)3-1-5-2-4-8;3*1-3-6-4-2-5-1;2*1-2-4-5-3-1;5-7(6)3-1-2-4-7;5-4-2-1-3-6-4;2*1-2-4-5-3-1;2*1-2-4-3-1;1-2-5-3-4-1;;;;;;;;;;;;;;;;;;/h2*1-7H2;1-6H2;2*6H,1-5H2;2,4,6H,1,3,5H2;1-5H2;1-2H,3-5H2;5H,1-4H2;2*5H,1-4H2;1-5H;5H,1-4H2;3H,1-2,4H2;1-4H2;1-3H2;2*1-4H2;2*1-4H2;3H,1-2H2;18*1H4. The Bertz CT molecular complexity index is 2090. The second-order valence-corrected chi connectivity index (χ2v) is 42.0. The first kappa shape index (κ1) is 179. The second kappa shape index (κ2) is 156. The molecule has 8 N–H and O–H groups in total. The van der Waals surface area contributed by atoms with E-state index in [-0.39, 0.29) is 134 Å². The van der Waals surface area contributed by atoms with Crippen LogP contribution in [0.15, 0.2) is 57.6 Å². The van der Waals surface area contributed by atoms with E-state index in [0.29, 0.717) is 41.2 Å². The minimum atomic E-state index is -2.65. The number of hydrogen-bond acceptors (Lipinski definition) is 23. The number of ether oxygens (including phenoxy) is 4. The van der Waals surface area contributed by atoms with Crippen molar-refractivity contribution < 1.29 is 40.6 Å². The van der Waals surface area contributed by atoms with Crippen LogP contribution in [0.5, 0.6) is 0 Å². The first-order valence-electron chi connectivity index (χ1n) is 49.8. The zero-order chi connectivity index (χ0) is 86.5. The number of nitrogens with one attached hydrogen (secondary N) is 8. The van der Waals surface area contributed by atoms with Gasteiger partial charge in [-0.2, -0.15) is 23.5 Å². The summed E-state index contributed by atoms with van der Waals surface area (Å²) in [6, 6.07) is 0. The van der Waals surface area contributed by atoms with Gasteiger partial charge in [0.05, 0.1) is 42.8 Å². The lowest BCUT2D eigenvalue weighted by Crippen LogP contribution is -2.35. The largest absolute Gasteiger partial charge is 0.482 e. The number of hydrogen-bond donors (Lipinski definition) is 8. The molecule has 0 bridgehead atoms. The summed E-state index contributed by atoms with van der Waals surface area (Å²) < 4.78 is 61.9. The summed E-state index contributed by atoms with van der Waals surface area (Å²) in [5, 5.41) is 29.5. The monoisotopic (exact) mass is 2110 g/mol. The molecule has 11 saturated heterocycles. The van der Waals surface area contributed by atoms with Crippen LogP contribution < -0.4 is 42.5 Å². The molecule has 16 fully saturated rings. The number of morpholine rings is 1. The molecule has 6 aliphatic carbocycles. The number of allylic oxidation sites excluding steroid dienone is 3. The molecule has 0 radical (unpaired) electrons. The molecule has 0 atom stereocenters. The predicted octanol–water partition coefficient (Wildman–Crippen LogP) is 32.7. The van der Waals surface area contributed by atoms with Crippen molar-refractivity contribution in [3.05, 3.63) is 47.6 Å². The number of aliphatic imine (C=N–C) groups is 2. The number of nitrogens with zero attached hydrogens (tertiary/aromatic N) is 2. The lowest BCUT2D eigenvalue weighted by Gasteiger charge is -2.10. The van der Waals surface area contributed by atoms with Crippen molar-refractivity contribution in [2.24, 2.45) is 9.98 Å². The number of piperidine rings is 2. The number of carbonyl (C=O) groups excluding carboxylic acids is 1. The van der Waals surface area contributed by atoms with Crippen molar-refractivity contribution in [1.29, 1.82) is 0 Å². The Morgan fingerprint density at radius 1 is 0.259 bits per heavy atom. The molecule has 21 rings (SSSR count). The quantitative estimate of drug-likeness (QED) is 0.0830. The Morgan fingerprint density at radius 2 is 0.590 bits per heavy atom. The molecule has 25 heteroatoms. The van der Waals surface area contributed by atoms with Crippen LogP contribution in [-0.4, -0.2) is 231 Å². The normalized spacial score (nSPS) is 20.4. The third-order valence-electron chi connectivity index (χ3n) is 21.5. The fourth-order valence-electron chi connectivity index (χ4n) is 13.0. The molecule has 19 nitrogen and oxygen atoms in total. The van der Waals surface area contributed by atoms with Crippen LogP contribution in [-0.2, 0) is 43.4 Å². The molecule has 15 aliphatic heterocycles. The van der Waals surface area contributed by atoms with Gasteiger partial charge in [-0.1, -0.05) is 363 Å². The smallest absolute Gasteiger partial charge is 0.188 e. The van der Waals surface area contributed by atoms with E-state index in [1.54, 1.807) is 11.8 Å². The van der Waals surface area contributed by atoms with Gasteiger partial charge in [0.25, 0.3) is 0 Å². The number of sulfone groups is 2. The Morgan fingerprint density at radius 3 is 0.727 bits per heavy atom. The minimum Gasteiger partial charge on any atom is -0.482 e. The lowest BCUT2D eigenvalue weighted by molar-refractivity contribution is -0.110. The van der Waals surface area contributed by atoms with Crippen LogP contribution in [0.3, 0.4) is 0 Å². The summed E-state index contributed by atoms with van der Waals surface area (Å²) >= 11 is 7.24. The van der Waals surface area contributed by atoms with E-state index in [1.165, 1.54) is 415 Å². The highest BCUT2D eigenvalue weighted by Gasteiger charge is 2.17. The highest BCUT2D eigenvalue weighted by atomic mass is 32.2. The van der Waals surface area contributed by atoms with E-state index in [9.17, 15) is 21.6 Å². The van der Waals surface area contributed by atoms with Crippen molar-refractivity contribution in [1.82, 2.24) is 42.5 Å². The molecule has 856 valence electrons. The zero-order valence-corrected chi connectivity index (χ0v) is 82.3. The Balaban J connectivity index is -0.0000000688. The van der Waals surface area contributed by atoms with Gasteiger partial charge in [0.1, 0.15) is 16.4 Å². The van der Waals surface area contributed by atoms with E-state index < -0.39 is 19.7 Å². The predicted molar refractivity (Wildman–Crippen MR) is 658 cm³/mol. The molecular weight excluding hydrogens is 1850 g/mol. The number of rotatable bonds is 0. The number of carbonyl (C=O) groups is 1. The van der Waals surface area contributed by atoms with Crippen molar-refractivity contribution in [2.45, 2.75) is 480 Å². The molecule has 5 saturated carbocycles. The fraction of sp³-hybridized carbons (Fsp3) is 0.904. The first-order chi connectivity index (χ1) is 59.8. The molecule has 0 aromatic heterocycles. The SMILES string of the molecule is C.C.C.C.C.C.C.C.C.C.C.C.C.C.C.C.C.C.C1=CCCC1.C1=CNCCC1.C1=CSC=CN1.C1=NCCC1.C1=NCCO1.C1CCC1.C1CCC1.C1CCCC1.C1CCCCCC1.C1CCCCCC1.C1CCCOCC1.C1CCNC1.C1CCNCC1.C1CCNCC1.C1CCOC1.C1CCSC1.C1COCCN1.C1CSCCN1.O=C1CCCS1.O=S1(=O)CCCC1.O=S1(=O)CCNCC1. The first-order valence-corrected chi connectivity index (χ1v) is 57.7. The van der Waals surface area contributed by atoms with E-state index in [4.69, 9.17) is 14.2 Å². The van der Waals surface area contributed by atoms with Crippen molar-refractivity contribution in [2.75, 3.05) is 196 Å². The van der Waals surface area contributed by atoms with Gasteiger partial charge >= 0.3 is 0 Å². The second-order valence-electron chi connectivity index (χ2n) is 33.0. The molecule has 0 aromatic carbocycles. The maximum atomic E-state index is 10.6. The Hall–Kier alpha value is -1.69. The average Bonchev–Trinajstić information content (AvgIpc) is 1.22.